The third kappa shape index (κ3) is 2.85. The average Bonchev–Trinajstić information content (AvgIpc) is 2.36. The number of hydrogen-bond donors (Lipinski definition) is 1. The molecular formula is C16H18O4. The number of benzene rings is 2. The Balaban J connectivity index is 2.50. The third-order valence-corrected chi connectivity index (χ3v) is 2.82. The van der Waals surface area contributed by atoms with Crippen LogP contribution in [0.25, 0.3) is 10.8 Å². The van der Waals surface area contributed by atoms with Crippen LogP contribution in [0.3, 0.4) is 0 Å². The first-order valence-corrected chi connectivity index (χ1v) is 6.35. The Kier molecular flexibility index (Phi) is 3.57. The molecule has 106 valence electrons. The van der Waals surface area contributed by atoms with Crippen LogP contribution in [0, 0.1) is 0 Å². The summed E-state index contributed by atoms with van der Waals surface area (Å²) in [5.74, 6) is -0.00971. The molecule has 0 unspecified atom stereocenters. The predicted octanol–water partition coefficient (Wildman–Crippen LogP) is 3.51. The summed E-state index contributed by atoms with van der Waals surface area (Å²) >= 11 is 0. The summed E-state index contributed by atoms with van der Waals surface area (Å²) in [7, 11) is 1.55. The zero-order valence-electron chi connectivity index (χ0n) is 12.1. The van der Waals surface area contributed by atoms with E-state index >= 15 is 0 Å². The highest BCUT2D eigenvalue weighted by Crippen LogP contribution is 2.32. The van der Waals surface area contributed by atoms with E-state index in [0.29, 0.717) is 11.1 Å². The fourth-order valence-electron chi connectivity index (χ4n) is 1.91. The summed E-state index contributed by atoms with van der Waals surface area (Å²) in [5.41, 5.74) is -0.451. The van der Waals surface area contributed by atoms with Crippen molar-refractivity contribution in [3.8, 4) is 11.5 Å². The van der Waals surface area contributed by atoms with Gasteiger partial charge in [0.05, 0.1) is 7.11 Å². The molecule has 0 aromatic heterocycles. The summed E-state index contributed by atoms with van der Waals surface area (Å²) in [5, 5.41) is 11.7. The van der Waals surface area contributed by atoms with Crippen molar-refractivity contribution in [2.75, 3.05) is 7.11 Å². The van der Waals surface area contributed by atoms with Gasteiger partial charge in [0.2, 0.25) is 0 Å². The van der Waals surface area contributed by atoms with Crippen LogP contribution < -0.4 is 4.74 Å². The Bertz CT molecular complexity index is 653. The topological polar surface area (TPSA) is 55.8 Å². The van der Waals surface area contributed by atoms with Crippen LogP contribution in [-0.4, -0.2) is 23.8 Å². The zero-order valence-corrected chi connectivity index (χ0v) is 12.1. The van der Waals surface area contributed by atoms with Crippen molar-refractivity contribution in [3.63, 3.8) is 0 Å². The van der Waals surface area contributed by atoms with Gasteiger partial charge < -0.3 is 14.6 Å². The number of phenols is 1. The maximum absolute atomic E-state index is 12.1. The fraction of sp³-hybridized carbons (Fsp3) is 0.312. The molecule has 0 fully saturated rings. The van der Waals surface area contributed by atoms with Crippen molar-refractivity contribution in [2.24, 2.45) is 0 Å². The number of aromatic hydroxyl groups is 1. The van der Waals surface area contributed by atoms with Gasteiger partial charge in [0.15, 0.2) is 0 Å². The van der Waals surface area contributed by atoms with Gasteiger partial charge in [-0.05, 0) is 44.4 Å². The molecule has 0 saturated heterocycles. The minimum atomic E-state index is -0.604. The smallest absolute Gasteiger partial charge is 0.342 e. The molecular weight excluding hydrogens is 256 g/mol. The number of carbonyl (C=O) groups is 1. The van der Waals surface area contributed by atoms with Crippen molar-refractivity contribution in [1.29, 1.82) is 0 Å². The molecule has 2 rings (SSSR count). The van der Waals surface area contributed by atoms with E-state index in [-0.39, 0.29) is 11.3 Å². The third-order valence-electron chi connectivity index (χ3n) is 2.82. The SMILES string of the molecule is COc1ccc2ccc(C(=O)OC(C)(C)C)c(O)c2c1. The molecule has 0 aliphatic carbocycles. The van der Waals surface area contributed by atoms with E-state index in [2.05, 4.69) is 0 Å². The number of carbonyl (C=O) groups excluding carboxylic acids is 1. The Morgan fingerprint density at radius 1 is 1.15 bits per heavy atom. The molecule has 0 radical (unpaired) electrons. The second-order valence-electron chi connectivity index (χ2n) is 5.55. The molecule has 0 amide bonds. The van der Waals surface area contributed by atoms with Gasteiger partial charge in [0, 0.05) is 5.39 Å². The molecule has 4 heteroatoms. The highest BCUT2D eigenvalue weighted by Gasteiger charge is 2.21. The van der Waals surface area contributed by atoms with Crippen LogP contribution in [0.1, 0.15) is 31.1 Å². The molecule has 4 nitrogen and oxygen atoms in total. The molecule has 1 N–H and O–H groups in total. The Hall–Kier alpha value is -2.23. The van der Waals surface area contributed by atoms with Crippen molar-refractivity contribution in [2.45, 2.75) is 26.4 Å². The normalized spacial score (nSPS) is 11.4. The van der Waals surface area contributed by atoms with Crippen LogP contribution in [0.4, 0.5) is 0 Å². The monoisotopic (exact) mass is 274 g/mol. The molecule has 0 aliphatic heterocycles. The lowest BCUT2D eigenvalue weighted by molar-refractivity contribution is 0.00671. The largest absolute Gasteiger partial charge is 0.506 e. The van der Waals surface area contributed by atoms with Crippen molar-refractivity contribution >= 4 is 16.7 Å². The van der Waals surface area contributed by atoms with Crippen LogP contribution in [0.5, 0.6) is 11.5 Å². The van der Waals surface area contributed by atoms with Gasteiger partial charge in [-0.25, -0.2) is 4.79 Å². The Morgan fingerprint density at radius 2 is 1.80 bits per heavy atom. The lowest BCUT2D eigenvalue weighted by Gasteiger charge is -2.20. The molecule has 0 saturated carbocycles. The lowest BCUT2D eigenvalue weighted by atomic mass is 10.0. The van der Waals surface area contributed by atoms with E-state index in [1.807, 2.05) is 6.07 Å². The quantitative estimate of drug-likeness (QED) is 0.851. The number of ether oxygens (including phenoxy) is 2. The molecule has 0 heterocycles. The van der Waals surface area contributed by atoms with Crippen molar-refractivity contribution < 1.29 is 19.4 Å². The average molecular weight is 274 g/mol. The first kappa shape index (κ1) is 14.2. The van der Waals surface area contributed by atoms with Gasteiger partial charge >= 0.3 is 5.97 Å². The van der Waals surface area contributed by atoms with E-state index in [1.54, 1.807) is 52.1 Å². The van der Waals surface area contributed by atoms with Gasteiger partial charge in [0.1, 0.15) is 22.7 Å². The van der Waals surface area contributed by atoms with Crippen LogP contribution in [0.15, 0.2) is 30.3 Å². The second kappa shape index (κ2) is 5.04. The molecule has 0 atom stereocenters. The molecule has 2 aromatic rings. The Labute approximate surface area is 117 Å². The minimum absolute atomic E-state index is 0.0874. The standard InChI is InChI=1S/C16H18O4/c1-16(2,3)20-15(18)12-8-6-10-5-7-11(19-4)9-13(10)14(12)17/h5-9,17H,1-4H3. The number of rotatable bonds is 2. The summed E-state index contributed by atoms with van der Waals surface area (Å²) in [6, 6.07) is 8.66. The first-order valence-electron chi connectivity index (χ1n) is 6.35. The summed E-state index contributed by atoms with van der Waals surface area (Å²) in [4.78, 5) is 12.1. The number of methoxy groups -OCH3 is 1. The number of hydrogen-bond acceptors (Lipinski definition) is 4. The van der Waals surface area contributed by atoms with E-state index in [9.17, 15) is 9.90 Å². The summed E-state index contributed by atoms with van der Waals surface area (Å²) < 4.78 is 10.4. The maximum atomic E-state index is 12.1. The zero-order chi connectivity index (χ0) is 14.9. The highest BCUT2D eigenvalue weighted by molar-refractivity contribution is 6.01. The summed E-state index contributed by atoms with van der Waals surface area (Å²) in [6.07, 6.45) is 0. The highest BCUT2D eigenvalue weighted by atomic mass is 16.6. The number of fused-ring (bicyclic) bond motifs is 1. The Morgan fingerprint density at radius 3 is 2.40 bits per heavy atom. The van der Waals surface area contributed by atoms with Gasteiger partial charge in [-0.3, -0.25) is 0 Å². The van der Waals surface area contributed by atoms with Crippen molar-refractivity contribution in [3.05, 3.63) is 35.9 Å². The van der Waals surface area contributed by atoms with Gasteiger partial charge in [0.25, 0.3) is 0 Å². The number of esters is 1. The van der Waals surface area contributed by atoms with Gasteiger partial charge in [-0.1, -0.05) is 12.1 Å². The van der Waals surface area contributed by atoms with E-state index < -0.39 is 11.6 Å². The van der Waals surface area contributed by atoms with E-state index in [4.69, 9.17) is 9.47 Å². The van der Waals surface area contributed by atoms with E-state index in [0.717, 1.165) is 5.39 Å². The maximum Gasteiger partial charge on any atom is 0.342 e. The predicted molar refractivity (Wildman–Crippen MR) is 77.3 cm³/mol. The minimum Gasteiger partial charge on any atom is -0.506 e. The first-order chi connectivity index (χ1) is 9.31. The lowest BCUT2D eigenvalue weighted by Crippen LogP contribution is -2.23. The van der Waals surface area contributed by atoms with E-state index in [1.165, 1.54) is 0 Å². The number of phenolic OH excluding ortho intramolecular Hbond substituents is 1. The second-order valence-corrected chi connectivity index (χ2v) is 5.55. The van der Waals surface area contributed by atoms with Crippen LogP contribution in [0.2, 0.25) is 0 Å². The van der Waals surface area contributed by atoms with Gasteiger partial charge in [-0.2, -0.15) is 0 Å². The molecule has 0 spiro atoms. The molecule has 2 aromatic carbocycles. The summed E-state index contributed by atoms with van der Waals surface area (Å²) in [6.45, 7) is 5.35. The van der Waals surface area contributed by atoms with Crippen LogP contribution in [-0.2, 0) is 4.74 Å². The molecule has 20 heavy (non-hydrogen) atoms. The fourth-order valence-corrected chi connectivity index (χ4v) is 1.91. The molecule has 0 aliphatic rings. The van der Waals surface area contributed by atoms with Gasteiger partial charge in [-0.15, -0.1) is 0 Å². The van der Waals surface area contributed by atoms with Crippen molar-refractivity contribution in [1.82, 2.24) is 0 Å². The molecule has 0 bridgehead atoms. The van der Waals surface area contributed by atoms with Crippen LogP contribution >= 0.6 is 0 Å².